The number of carbonyl (C=O) groups is 1. The summed E-state index contributed by atoms with van der Waals surface area (Å²) in [5.74, 6) is -0.841. The Morgan fingerprint density at radius 3 is 2.72 bits per heavy atom. The zero-order valence-corrected chi connectivity index (χ0v) is 20.9. The number of hydrogen-bond acceptors (Lipinski definition) is 7. The van der Waals surface area contributed by atoms with Crippen LogP contribution in [0.5, 0.6) is 11.5 Å². The molecule has 0 fully saturated rings. The molecule has 10 nitrogen and oxygen atoms in total. The Bertz CT molecular complexity index is 1520. The molecule has 13 heteroatoms. The number of pyridine rings is 2. The summed E-state index contributed by atoms with van der Waals surface area (Å²) >= 11 is 0. The molecular weight excluding hydrogens is 517 g/mol. The third kappa shape index (κ3) is 5.17. The second kappa shape index (κ2) is 10.8. The van der Waals surface area contributed by atoms with Gasteiger partial charge in [-0.25, -0.2) is 8.91 Å². The van der Waals surface area contributed by atoms with E-state index in [-0.39, 0.29) is 28.6 Å². The van der Waals surface area contributed by atoms with Crippen molar-refractivity contribution in [1.29, 1.82) is 0 Å². The van der Waals surface area contributed by atoms with Gasteiger partial charge in [-0.05, 0) is 36.8 Å². The third-order valence-corrected chi connectivity index (χ3v) is 6.55. The molecule has 1 unspecified atom stereocenters. The van der Waals surface area contributed by atoms with Crippen LogP contribution in [0.25, 0.3) is 16.8 Å². The predicted octanol–water partition coefficient (Wildman–Crippen LogP) is 3.32. The minimum absolute atomic E-state index is 0.0798. The summed E-state index contributed by atoms with van der Waals surface area (Å²) in [6, 6.07) is 4.14. The normalized spacial score (nSPS) is 14.3. The molecule has 0 saturated carbocycles. The first-order valence-corrected chi connectivity index (χ1v) is 12.1. The first-order chi connectivity index (χ1) is 18.8. The Morgan fingerprint density at radius 1 is 1.21 bits per heavy atom. The summed E-state index contributed by atoms with van der Waals surface area (Å²) in [4.78, 5) is 17.8. The Labute approximate surface area is 220 Å². The standard InChI is InChI=1S/C26H25F3N6O4/c1-3-23(37)33-7-6-19-15(2)24(32-34(19)9-8-33)16-10-20(25-21(39-26(28)29)12-31-35(25)13-16)38-22(14-36)18-5-4-17(27)11-30-18/h3-5,10-13,22,26,36H,1,6-9,14H2,2H3. The van der Waals surface area contributed by atoms with Crippen LogP contribution >= 0.6 is 0 Å². The van der Waals surface area contributed by atoms with Crippen molar-refractivity contribution in [3.05, 3.63) is 72.2 Å². The van der Waals surface area contributed by atoms with E-state index in [0.29, 0.717) is 37.3 Å². The lowest BCUT2D eigenvalue weighted by Crippen LogP contribution is -2.32. The molecule has 4 aromatic rings. The number of aromatic nitrogens is 5. The van der Waals surface area contributed by atoms with Crippen LogP contribution in [-0.2, 0) is 17.8 Å². The number of ether oxygens (including phenoxy) is 2. The number of alkyl halides is 2. The fourth-order valence-corrected chi connectivity index (χ4v) is 4.66. The van der Waals surface area contributed by atoms with E-state index in [1.54, 1.807) is 17.2 Å². The van der Waals surface area contributed by atoms with Crippen molar-refractivity contribution in [2.45, 2.75) is 32.6 Å². The van der Waals surface area contributed by atoms with Crippen molar-refractivity contribution in [2.24, 2.45) is 0 Å². The van der Waals surface area contributed by atoms with Gasteiger partial charge in [0.15, 0.2) is 23.1 Å². The van der Waals surface area contributed by atoms with Gasteiger partial charge in [0, 0.05) is 37.0 Å². The van der Waals surface area contributed by atoms with Crippen LogP contribution in [0.15, 0.2) is 49.4 Å². The van der Waals surface area contributed by atoms with Crippen LogP contribution in [0, 0.1) is 12.7 Å². The predicted molar refractivity (Wildman–Crippen MR) is 133 cm³/mol. The summed E-state index contributed by atoms with van der Waals surface area (Å²) in [6.45, 7) is 3.32. The molecule has 5 rings (SSSR count). The van der Waals surface area contributed by atoms with E-state index in [2.05, 4.69) is 21.4 Å². The van der Waals surface area contributed by atoms with E-state index in [9.17, 15) is 23.1 Å². The molecule has 0 bridgehead atoms. The van der Waals surface area contributed by atoms with Crippen molar-refractivity contribution >= 4 is 11.4 Å². The van der Waals surface area contributed by atoms with E-state index < -0.39 is 25.1 Å². The lowest BCUT2D eigenvalue weighted by Gasteiger charge is -2.19. The van der Waals surface area contributed by atoms with Gasteiger partial charge in [0.25, 0.3) is 0 Å². The highest BCUT2D eigenvalue weighted by atomic mass is 19.3. The minimum atomic E-state index is -3.10. The minimum Gasteiger partial charge on any atom is -0.479 e. The number of halogens is 3. The average molecular weight is 543 g/mol. The molecule has 0 spiro atoms. The van der Waals surface area contributed by atoms with Crippen LogP contribution in [0.4, 0.5) is 13.2 Å². The van der Waals surface area contributed by atoms with Crippen molar-refractivity contribution < 1.29 is 32.5 Å². The van der Waals surface area contributed by atoms with Gasteiger partial charge in [0.05, 0.1) is 36.9 Å². The SMILES string of the molecule is C=CC(=O)N1CCc2c(C)c(-c3cc(OC(CO)c4ccc(F)cn4)c4c(OC(F)F)cnn4c3)nn2CC1. The molecule has 39 heavy (non-hydrogen) atoms. The molecule has 1 N–H and O–H groups in total. The van der Waals surface area contributed by atoms with E-state index in [1.165, 1.54) is 22.7 Å². The number of aliphatic hydroxyl groups excluding tert-OH is 1. The molecule has 0 aromatic carbocycles. The quantitative estimate of drug-likeness (QED) is 0.341. The van der Waals surface area contributed by atoms with E-state index in [4.69, 9.17) is 9.84 Å². The van der Waals surface area contributed by atoms with Crippen LogP contribution in [-0.4, -0.2) is 66.6 Å². The molecule has 1 aliphatic heterocycles. The average Bonchev–Trinajstić information content (AvgIpc) is 3.38. The highest BCUT2D eigenvalue weighted by Crippen LogP contribution is 2.37. The molecule has 4 aromatic heterocycles. The van der Waals surface area contributed by atoms with E-state index >= 15 is 0 Å². The van der Waals surface area contributed by atoms with Gasteiger partial charge in [0.2, 0.25) is 5.91 Å². The zero-order chi connectivity index (χ0) is 27.7. The van der Waals surface area contributed by atoms with Gasteiger partial charge >= 0.3 is 6.61 Å². The van der Waals surface area contributed by atoms with Gasteiger partial charge in [-0.3, -0.25) is 14.5 Å². The fraction of sp³-hybridized carbons (Fsp3) is 0.308. The number of fused-ring (bicyclic) bond motifs is 2. The highest BCUT2D eigenvalue weighted by Gasteiger charge is 2.25. The second-order valence-corrected chi connectivity index (χ2v) is 8.89. The summed E-state index contributed by atoms with van der Waals surface area (Å²) in [6.07, 6.45) is 4.59. The molecule has 5 heterocycles. The fourth-order valence-electron chi connectivity index (χ4n) is 4.66. The molecule has 0 aliphatic carbocycles. The highest BCUT2D eigenvalue weighted by molar-refractivity contribution is 5.87. The maximum Gasteiger partial charge on any atom is 0.387 e. The van der Waals surface area contributed by atoms with Crippen molar-refractivity contribution in [3.8, 4) is 22.8 Å². The van der Waals surface area contributed by atoms with Crippen molar-refractivity contribution in [3.63, 3.8) is 0 Å². The molecular formula is C26H25F3N6O4. The lowest BCUT2D eigenvalue weighted by atomic mass is 10.1. The van der Waals surface area contributed by atoms with Crippen molar-refractivity contribution in [1.82, 2.24) is 29.3 Å². The number of nitrogens with zero attached hydrogens (tertiary/aromatic N) is 6. The number of rotatable bonds is 8. The summed E-state index contributed by atoms with van der Waals surface area (Å²) in [7, 11) is 0. The van der Waals surface area contributed by atoms with Crippen LogP contribution < -0.4 is 9.47 Å². The maximum atomic E-state index is 13.4. The summed E-state index contributed by atoms with van der Waals surface area (Å²) < 4.78 is 53.5. The molecule has 0 saturated heterocycles. The van der Waals surface area contributed by atoms with Gasteiger partial charge in [0.1, 0.15) is 5.82 Å². The van der Waals surface area contributed by atoms with Gasteiger partial charge < -0.3 is 19.5 Å². The van der Waals surface area contributed by atoms with E-state index in [0.717, 1.165) is 23.7 Å². The summed E-state index contributed by atoms with van der Waals surface area (Å²) in [5.41, 5.74) is 3.37. The number of aliphatic hydroxyl groups is 1. The van der Waals surface area contributed by atoms with Gasteiger partial charge in [-0.1, -0.05) is 6.58 Å². The molecule has 204 valence electrons. The molecule has 0 radical (unpaired) electrons. The summed E-state index contributed by atoms with van der Waals surface area (Å²) in [5, 5.41) is 18.9. The largest absolute Gasteiger partial charge is 0.479 e. The number of hydrogen-bond donors (Lipinski definition) is 1. The topological polar surface area (TPSA) is 107 Å². The third-order valence-electron chi connectivity index (χ3n) is 6.55. The zero-order valence-electron chi connectivity index (χ0n) is 20.9. The second-order valence-electron chi connectivity index (χ2n) is 8.89. The number of carbonyl (C=O) groups excluding carboxylic acids is 1. The smallest absolute Gasteiger partial charge is 0.387 e. The Morgan fingerprint density at radius 2 is 2.03 bits per heavy atom. The number of amides is 1. The Hall–Kier alpha value is -4.39. The lowest BCUT2D eigenvalue weighted by molar-refractivity contribution is -0.126. The molecule has 1 amide bonds. The van der Waals surface area contributed by atoms with Crippen LogP contribution in [0.1, 0.15) is 23.1 Å². The van der Waals surface area contributed by atoms with Crippen LogP contribution in [0.3, 0.4) is 0 Å². The Kier molecular flexibility index (Phi) is 7.24. The molecule has 1 aliphatic rings. The van der Waals surface area contributed by atoms with Crippen LogP contribution in [0.2, 0.25) is 0 Å². The Balaban J connectivity index is 1.56. The first kappa shape index (κ1) is 26.2. The molecule has 1 atom stereocenters. The van der Waals surface area contributed by atoms with E-state index in [1.807, 2.05) is 11.6 Å². The monoisotopic (exact) mass is 542 g/mol. The van der Waals surface area contributed by atoms with Crippen molar-refractivity contribution in [2.75, 3.05) is 19.7 Å². The van der Waals surface area contributed by atoms with Gasteiger partial charge in [-0.2, -0.15) is 19.0 Å². The van der Waals surface area contributed by atoms with Gasteiger partial charge in [-0.15, -0.1) is 0 Å². The maximum absolute atomic E-state index is 13.4. The first-order valence-electron chi connectivity index (χ1n) is 12.1.